The fraction of sp³-hybridized carbons (Fsp3) is 1.00. The van der Waals surface area contributed by atoms with E-state index in [2.05, 4.69) is 41.5 Å². The van der Waals surface area contributed by atoms with Crippen LogP contribution >= 0.6 is 0 Å². The van der Waals surface area contributed by atoms with Crippen molar-refractivity contribution in [3.8, 4) is 0 Å². The third kappa shape index (κ3) is 2.41. The minimum absolute atomic E-state index is 0.196. The highest BCUT2D eigenvalue weighted by Crippen LogP contribution is 2.78. The summed E-state index contributed by atoms with van der Waals surface area (Å²) in [5.41, 5.74) is 2.08. The molecule has 1 saturated heterocycles. The van der Waals surface area contributed by atoms with E-state index in [0.717, 1.165) is 30.3 Å². The standard InChI is InChI=1S/C30H50O2/c1-25(2)13-7-14-26(3)22(25)12-16-27(4)23(26)8-9-24-28(27,5)15-10-21-20-11-17-30(21,24)19-32-29(20,6)18-31/h20-24,31H,7-19H2,1-6H3/t20-,21-,22-,23+,24-,26-,27+,28+,29+,30+/m0/s1. The Morgan fingerprint density at radius 3 is 2.09 bits per heavy atom. The van der Waals surface area contributed by atoms with Crippen molar-refractivity contribution < 1.29 is 9.84 Å². The van der Waals surface area contributed by atoms with Crippen LogP contribution in [0.3, 0.4) is 0 Å². The van der Waals surface area contributed by atoms with Crippen LogP contribution < -0.4 is 0 Å². The third-order valence-corrected chi connectivity index (χ3v) is 14.2. The van der Waals surface area contributed by atoms with E-state index in [4.69, 9.17) is 4.74 Å². The van der Waals surface area contributed by atoms with Gasteiger partial charge < -0.3 is 9.84 Å². The SMILES string of the molecule is CC1(C)CCC[C@]2(C)[C@H]3CC[C@@H]4[C@@]56CC[C@@H]([C@@H]5CC[C@@]4(C)[C@]3(C)CC[C@@H]12)[C@@](C)(CO)OC6. The van der Waals surface area contributed by atoms with E-state index in [9.17, 15) is 5.11 Å². The van der Waals surface area contributed by atoms with E-state index in [-0.39, 0.29) is 12.2 Å². The predicted octanol–water partition coefficient (Wildman–Crippen LogP) is 7.24. The summed E-state index contributed by atoms with van der Waals surface area (Å²) in [7, 11) is 0. The van der Waals surface area contributed by atoms with E-state index < -0.39 is 0 Å². The monoisotopic (exact) mass is 442 g/mol. The predicted molar refractivity (Wildman–Crippen MR) is 130 cm³/mol. The quantitative estimate of drug-likeness (QED) is 0.464. The summed E-state index contributed by atoms with van der Waals surface area (Å²) >= 11 is 0. The maximum Gasteiger partial charge on any atom is 0.0915 e. The van der Waals surface area contributed by atoms with Crippen molar-refractivity contribution >= 4 is 0 Å². The Morgan fingerprint density at radius 1 is 0.688 bits per heavy atom. The van der Waals surface area contributed by atoms with Gasteiger partial charge in [0, 0.05) is 5.41 Å². The number of fused-ring (bicyclic) bond motifs is 5. The summed E-state index contributed by atoms with van der Waals surface area (Å²) < 4.78 is 6.61. The summed E-state index contributed by atoms with van der Waals surface area (Å²) in [4.78, 5) is 0. The van der Waals surface area contributed by atoms with Crippen LogP contribution in [0.2, 0.25) is 0 Å². The fourth-order valence-corrected chi connectivity index (χ4v) is 12.6. The number of hydrogen-bond acceptors (Lipinski definition) is 2. The van der Waals surface area contributed by atoms with E-state index >= 15 is 0 Å². The molecule has 0 aromatic rings. The fourth-order valence-electron chi connectivity index (χ4n) is 12.6. The van der Waals surface area contributed by atoms with Gasteiger partial charge in [0.15, 0.2) is 0 Å². The van der Waals surface area contributed by atoms with Gasteiger partial charge in [0.1, 0.15) is 0 Å². The van der Waals surface area contributed by atoms with Crippen molar-refractivity contribution in [2.45, 2.75) is 118 Å². The van der Waals surface area contributed by atoms with Crippen LogP contribution in [-0.4, -0.2) is 23.9 Å². The maximum absolute atomic E-state index is 10.2. The van der Waals surface area contributed by atoms with Crippen molar-refractivity contribution in [1.82, 2.24) is 0 Å². The van der Waals surface area contributed by atoms with Gasteiger partial charge in [-0.05, 0) is 122 Å². The first-order valence-corrected chi connectivity index (χ1v) is 14.2. The van der Waals surface area contributed by atoms with Gasteiger partial charge >= 0.3 is 0 Å². The maximum atomic E-state index is 10.2. The van der Waals surface area contributed by atoms with Crippen LogP contribution in [-0.2, 0) is 4.74 Å². The molecule has 1 aliphatic heterocycles. The number of hydrogen-bond donors (Lipinski definition) is 1. The van der Waals surface area contributed by atoms with Crippen molar-refractivity contribution in [2.75, 3.05) is 13.2 Å². The van der Waals surface area contributed by atoms with Crippen molar-refractivity contribution in [1.29, 1.82) is 0 Å². The number of aliphatic hydroxyl groups excluding tert-OH is 1. The van der Waals surface area contributed by atoms with Crippen LogP contribution in [0.5, 0.6) is 0 Å². The number of aliphatic hydroxyl groups is 1. The highest BCUT2D eigenvalue weighted by Gasteiger charge is 2.73. The second kappa shape index (κ2) is 6.57. The zero-order valence-corrected chi connectivity index (χ0v) is 21.9. The Hall–Kier alpha value is -0.0800. The molecule has 0 spiro atoms. The molecule has 1 N–H and O–H groups in total. The highest BCUT2D eigenvalue weighted by atomic mass is 16.5. The summed E-state index contributed by atoms with van der Waals surface area (Å²) in [6.45, 7) is 16.7. The van der Waals surface area contributed by atoms with E-state index in [0.29, 0.717) is 33.0 Å². The molecule has 10 atom stereocenters. The molecular weight excluding hydrogens is 392 g/mol. The van der Waals surface area contributed by atoms with Gasteiger partial charge in [-0.15, -0.1) is 0 Å². The first kappa shape index (κ1) is 22.4. The lowest BCUT2D eigenvalue weighted by molar-refractivity contribution is -0.277. The molecule has 0 unspecified atom stereocenters. The molecule has 2 nitrogen and oxygen atoms in total. The molecule has 0 aromatic heterocycles. The molecule has 2 bridgehead atoms. The average Bonchev–Trinajstić information content (AvgIpc) is 3.05. The van der Waals surface area contributed by atoms with Crippen LogP contribution in [0.1, 0.15) is 112 Å². The molecular formula is C30H50O2. The molecule has 0 aromatic carbocycles. The second-order valence-electron chi connectivity index (χ2n) is 15.2. The normalized spacial score (nSPS) is 60.7. The Morgan fingerprint density at radius 2 is 1.34 bits per heavy atom. The van der Waals surface area contributed by atoms with Crippen LogP contribution in [0.25, 0.3) is 0 Å². The van der Waals surface area contributed by atoms with Gasteiger partial charge in [0.05, 0.1) is 18.8 Å². The summed E-state index contributed by atoms with van der Waals surface area (Å²) in [6, 6.07) is 0. The van der Waals surface area contributed by atoms with Crippen LogP contribution in [0.15, 0.2) is 0 Å². The van der Waals surface area contributed by atoms with Crippen LogP contribution in [0.4, 0.5) is 0 Å². The molecule has 6 fully saturated rings. The van der Waals surface area contributed by atoms with Gasteiger partial charge in [-0.3, -0.25) is 0 Å². The van der Waals surface area contributed by atoms with E-state index in [1.54, 1.807) is 0 Å². The second-order valence-corrected chi connectivity index (χ2v) is 15.2. The lowest BCUT2D eigenvalue weighted by Crippen LogP contribution is -2.68. The molecule has 5 saturated carbocycles. The molecule has 5 aliphatic carbocycles. The van der Waals surface area contributed by atoms with Crippen LogP contribution in [0, 0.1) is 56.7 Å². The smallest absolute Gasteiger partial charge is 0.0915 e. The van der Waals surface area contributed by atoms with Crippen molar-refractivity contribution in [2.24, 2.45) is 56.7 Å². The van der Waals surface area contributed by atoms with Crippen molar-refractivity contribution in [3.05, 3.63) is 0 Å². The Labute approximate surface area is 197 Å². The van der Waals surface area contributed by atoms with Gasteiger partial charge in [-0.1, -0.05) is 41.0 Å². The zero-order chi connectivity index (χ0) is 22.8. The Balaban J connectivity index is 1.38. The molecule has 6 aliphatic rings. The largest absolute Gasteiger partial charge is 0.393 e. The van der Waals surface area contributed by atoms with E-state index in [1.165, 1.54) is 70.6 Å². The topological polar surface area (TPSA) is 29.5 Å². The molecule has 182 valence electrons. The molecule has 0 radical (unpaired) electrons. The minimum atomic E-state index is -0.293. The van der Waals surface area contributed by atoms with Gasteiger partial charge in [-0.2, -0.15) is 0 Å². The lowest BCUT2D eigenvalue weighted by Gasteiger charge is -2.74. The van der Waals surface area contributed by atoms with Gasteiger partial charge in [0.25, 0.3) is 0 Å². The average molecular weight is 443 g/mol. The molecule has 0 amide bonds. The molecule has 1 heterocycles. The number of rotatable bonds is 1. The minimum Gasteiger partial charge on any atom is -0.393 e. The first-order valence-electron chi connectivity index (χ1n) is 14.2. The third-order valence-electron chi connectivity index (χ3n) is 14.2. The lowest BCUT2D eigenvalue weighted by atomic mass is 9.31. The summed E-state index contributed by atoms with van der Waals surface area (Å²) in [5.74, 6) is 3.98. The first-order chi connectivity index (χ1) is 15.0. The molecule has 6 rings (SSSR count). The summed E-state index contributed by atoms with van der Waals surface area (Å²) in [5, 5.41) is 10.2. The summed E-state index contributed by atoms with van der Waals surface area (Å²) in [6.07, 6.45) is 15.6. The van der Waals surface area contributed by atoms with Gasteiger partial charge in [0.2, 0.25) is 0 Å². The van der Waals surface area contributed by atoms with Gasteiger partial charge in [-0.25, -0.2) is 0 Å². The Kier molecular flexibility index (Phi) is 4.59. The molecule has 32 heavy (non-hydrogen) atoms. The zero-order valence-electron chi connectivity index (χ0n) is 21.9. The number of ether oxygens (including phenoxy) is 1. The van der Waals surface area contributed by atoms with Crippen molar-refractivity contribution in [3.63, 3.8) is 0 Å². The van der Waals surface area contributed by atoms with E-state index in [1.807, 2.05) is 0 Å². The Bertz CT molecular complexity index is 790. The molecule has 2 heteroatoms. The highest BCUT2D eigenvalue weighted by molar-refractivity contribution is 5.21.